The van der Waals surface area contributed by atoms with Crippen molar-refractivity contribution in [1.29, 1.82) is 0 Å². The van der Waals surface area contributed by atoms with Crippen molar-refractivity contribution >= 4 is 39.9 Å². The molecule has 4 aliphatic heterocycles. The molecule has 3 atom stereocenters. The Morgan fingerprint density at radius 2 is 1.22 bits per heavy atom. The van der Waals surface area contributed by atoms with Crippen LogP contribution in [0.25, 0.3) is 0 Å². The molecule has 4 aliphatic rings. The predicted octanol–water partition coefficient (Wildman–Crippen LogP) is 12.8. The number of rotatable bonds is 22. The van der Waals surface area contributed by atoms with E-state index in [2.05, 4.69) is 73.6 Å². The molecule has 68 heavy (non-hydrogen) atoms. The number of methoxy groups -OCH3 is 4. The summed E-state index contributed by atoms with van der Waals surface area (Å²) in [5.74, 6) is 4.56. The Bertz CT molecular complexity index is 2220. The normalized spacial score (nSPS) is 18.3. The monoisotopic (exact) mass is 1060 g/mol. The number of quaternary nitrogens is 1. The molecule has 4 aromatic rings. The molecule has 0 fully saturated rings. The quantitative estimate of drug-likeness (QED) is 0.0563. The van der Waals surface area contributed by atoms with Crippen molar-refractivity contribution in [2.24, 2.45) is 0 Å². The maximum Gasteiger partial charge on any atom is 0.204 e. The van der Waals surface area contributed by atoms with Crippen molar-refractivity contribution in [3.05, 3.63) is 94.0 Å². The first-order chi connectivity index (χ1) is 32.1. The average molecular weight is 1070 g/mol. The summed E-state index contributed by atoms with van der Waals surface area (Å²) >= 11 is 0. The Balaban J connectivity index is 0.00000432. The molecule has 0 aliphatic carbocycles. The minimum absolute atomic E-state index is 0. The van der Waals surface area contributed by atoms with Gasteiger partial charge in [0.1, 0.15) is 11.8 Å². The van der Waals surface area contributed by atoms with E-state index in [1.165, 1.54) is 99.3 Å². The van der Waals surface area contributed by atoms with Crippen LogP contribution in [-0.4, -0.2) is 77.5 Å². The zero-order chi connectivity index (χ0) is 46.5. The third-order valence-corrected chi connectivity index (χ3v) is 14.8. The third-order valence-electron chi connectivity index (χ3n) is 14.8. The minimum Gasteiger partial charge on any atom is -0.550 e. The second-order valence-corrected chi connectivity index (χ2v) is 19.3. The molecule has 3 unspecified atom stereocenters. The molecule has 0 aromatic heterocycles. The lowest BCUT2D eigenvalue weighted by Crippen LogP contribution is -2.52. The van der Waals surface area contributed by atoms with Crippen LogP contribution in [0.2, 0.25) is 0 Å². The van der Waals surface area contributed by atoms with Crippen molar-refractivity contribution in [2.75, 3.05) is 62.2 Å². The first-order valence-electron chi connectivity index (χ1n) is 25.0. The molecule has 0 N–H and O–H groups in total. The van der Waals surface area contributed by atoms with Gasteiger partial charge < -0.3 is 42.8 Å². The van der Waals surface area contributed by atoms with Crippen molar-refractivity contribution in [2.45, 2.75) is 141 Å². The fraction of sp³-hybridized carbons (Fsp3) is 0.554. The second-order valence-electron chi connectivity index (χ2n) is 19.3. The van der Waals surface area contributed by atoms with Gasteiger partial charge in [0.15, 0.2) is 34.5 Å². The third kappa shape index (κ3) is 13.9. The summed E-state index contributed by atoms with van der Waals surface area (Å²) < 4.78 is 39.0. The minimum atomic E-state index is -0.923. The van der Waals surface area contributed by atoms with Crippen molar-refractivity contribution < 1.29 is 42.8 Å². The van der Waals surface area contributed by atoms with Crippen LogP contribution in [0.5, 0.6) is 46.0 Å². The van der Waals surface area contributed by atoms with Gasteiger partial charge in [-0.2, -0.15) is 0 Å². The van der Waals surface area contributed by atoms with E-state index in [9.17, 15) is 9.90 Å². The summed E-state index contributed by atoms with van der Waals surface area (Å²) in [4.78, 5) is 13.0. The summed E-state index contributed by atoms with van der Waals surface area (Å²) in [7, 11) is 11.5. The highest BCUT2D eigenvalue weighted by atomic mass is 79.9. The number of aliphatic carboxylic acids is 1. The molecule has 374 valence electrons. The van der Waals surface area contributed by atoms with E-state index in [1.54, 1.807) is 28.4 Å². The van der Waals surface area contributed by atoms with Crippen LogP contribution in [0.4, 0.5) is 0 Å². The number of carboxylic acid groups (broad SMARTS) is 1. The van der Waals surface area contributed by atoms with E-state index in [0.29, 0.717) is 40.9 Å². The zero-order valence-corrected chi connectivity index (χ0v) is 45.1. The van der Waals surface area contributed by atoms with Crippen molar-refractivity contribution in [1.82, 2.24) is 4.90 Å². The molecular formula is C56H78Br2N2O8. The van der Waals surface area contributed by atoms with Gasteiger partial charge in [0, 0.05) is 42.5 Å². The standard InChI is InChI=1S/C56H76N2O8.2BrH/c1-57-31-29-43-38-52(63-5)55(64-6)56-54(43)46(57)34-41-25-28-48(61-3)50(36-41)65-44-26-23-40(24-27-44)35-47-45-39-51(66-56)49(62-4)37-42(45)30-33-58(47,2)32-21-19-17-15-13-11-9-7-8-10-12-14-16-18-20-22-53(59)60;;/h23-28,36-39,46-47H,7-22,29-35H2,1-6H3;2*1H. The van der Waals surface area contributed by atoms with Gasteiger partial charge in [-0.3, -0.25) is 4.90 Å². The van der Waals surface area contributed by atoms with E-state index in [4.69, 9.17) is 28.4 Å². The topological polar surface area (TPSA) is 98.8 Å². The van der Waals surface area contributed by atoms with Crippen LogP contribution >= 0.6 is 34.0 Å². The Kier molecular flexibility index (Phi) is 21.7. The number of hydrogen-bond acceptors (Lipinski definition) is 9. The fourth-order valence-electron chi connectivity index (χ4n) is 10.8. The summed E-state index contributed by atoms with van der Waals surface area (Å²) in [6.07, 6.45) is 22.0. The molecular weight excluding hydrogens is 988 g/mol. The molecule has 10 nitrogen and oxygen atoms in total. The van der Waals surface area contributed by atoms with E-state index in [1.807, 2.05) is 6.07 Å². The van der Waals surface area contributed by atoms with Crippen LogP contribution in [0, 0.1) is 0 Å². The van der Waals surface area contributed by atoms with Gasteiger partial charge in [0.2, 0.25) is 5.75 Å². The maximum atomic E-state index is 10.6. The van der Waals surface area contributed by atoms with Crippen molar-refractivity contribution in [3.63, 3.8) is 0 Å². The number of nitrogens with zero attached hydrogens (tertiary/aromatic N) is 2. The number of carbonyl (C=O) groups is 1. The molecule has 0 radical (unpaired) electrons. The first kappa shape index (κ1) is 55.0. The molecule has 4 heterocycles. The summed E-state index contributed by atoms with van der Waals surface area (Å²) in [6.45, 7) is 3.07. The number of halogens is 2. The van der Waals surface area contributed by atoms with Gasteiger partial charge in [-0.25, -0.2) is 0 Å². The lowest BCUT2D eigenvalue weighted by molar-refractivity contribution is -0.941. The number of likely N-dealkylation sites (N-methyl/N-ethyl adjacent to an activating group) is 2. The molecule has 8 rings (SSSR count). The molecule has 4 aromatic carbocycles. The Morgan fingerprint density at radius 1 is 0.647 bits per heavy atom. The summed E-state index contributed by atoms with van der Waals surface area (Å²) in [5, 5.41) is 10.6. The zero-order valence-electron chi connectivity index (χ0n) is 41.7. The van der Waals surface area contributed by atoms with E-state index >= 15 is 0 Å². The fourth-order valence-corrected chi connectivity index (χ4v) is 10.8. The van der Waals surface area contributed by atoms with Crippen LogP contribution in [0.1, 0.15) is 148 Å². The van der Waals surface area contributed by atoms with Gasteiger partial charge in [-0.15, -0.1) is 34.0 Å². The number of hydrogen-bond donors (Lipinski definition) is 0. The molecule has 12 heteroatoms. The van der Waals surface area contributed by atoms with Crippen LogP contribution in [0.3, 0.4) is 0 Å². The highest BCUT2D eigenvalue weighted by Gasteiger charge is 2.40. The summed E-state index contributed by atoms with van der Waals surface area (Å²) in [6, 6.07) is 21.7. The van der Waals surface area contributed by atoms with Crippen LogP contribution in [0.15, 0.2) is 60.7 Å². The lowest BCUT2D eigenvalue weighted by Gasteiger charge is -2.46. The largest absolute Gasteiger partial charge is 0.550 e. The highest BCUT2D eigenvalue weighted by Crippen LogP contribution is 2.52. The number of carboxylic acids is 1. The molecule has 0 spiro atoms. The van der Waals surface area contributed by atoms with E-state index in [0.717, 1.165) is 85.3 Å². The van der Waals surface area contributed by atoms with Gasteiger partial charge in [0.25, 0.3) is 0 Å². The Morgan fingerprint density at radius 3 is 1.82 bits per heavy atom. The molecule has 6 bridgehead atoms. The molecule has 0 saturated heterocycles. The Hall–Kier alpha value is -3.97. The number of carbonyl (C=O) groups excluding carboxylic acids is 1. The number of fused-ring (bicyclic) bond motifs is 2. The average Bonchev–Trinajstić information content (AvgIpc) is 3.31. The summed E-state index contributed by atoms with van der Waals surface area (Å²) in [5.41, 5.74) is 7.32. The maximum absolute atomic E-state index is 10.6. The van der Waals surface area contributed by atoms with Crippen LogP contribution < -0.4 is 33.5 Å². The first-order valence-corrected chi connectivity index (χ1v) is 25.0. The number of benzene rings is 4. The number of ether oxygens (including phenoxy) is 6. The number of unbranched alkanes of at least 4 members (excludes halogenated alkanes) is 14. The smallest absolute Gasteiger partial charge is 0.204 e. The van der Waals surface area contributed by atoms with Crippen LogP contribution in [-0.2, 0) is 30.5 Å². The SMILES string of the molecule is Br.Br.COc1ccc2cc1Oc1ccc(cc1)CC1c3cc(c(OC)cc3CC[N+]1(C)CCCCCCCCCCCCCCCCCC(=O)[O-])Oc1c(OC)c(OC)cc3c1C(C2)N(C)CC3. The molecule has 0 saturated carbocycles. The lowest BCUT2D eigenvalue weighted by atomic mass is 9.85. The van der Waals surface area contributed by atoms with Gasteiger partial charge in [-0.1, -0.05) is 95.2 Å². The highest BCUT2D eigenvalue weighted by molar-refractivity contribution is 8.93. The second kappa shape index (κ2) is 26.9. The van der Waals surface area contributed by atoms with E-state index < -0.39 is 5.97 Å². The van der Waals surface area contributed by atoms with Gasteiger partial charge in [-0.05, 0) is 110 Å². The molecule has 0 amide bonds. The Labute approximate surface area is 428 Å². The van der Waals surface area contributed by atoms with E-state index in [-0.39, 0.29) is 52.5 Å². The van der Waals surface area contributed by atoms with Gasteiger partial charge in [0.05, 0.1) is 48.6 Å². The van der Waals surface area contributed by atoms with Crippen molar-refractivity contribution in [3.8, 4) is 46.0 Å². The predicted molar refractivity (Wildman–Crippen MR) is 280 cm³/mol. The van der Waals surface area contributed by atoms with Gasteiger partial charge >= 0.3 is 0 Å².